The fourth-order valence-corrected chi connectivity index (χ4v) is 4.73. The Morgan fingerprint density at radius 2 is 1.92 bits per heavy atom. The number of nitrogens with one attached hydrogen (secondary N) is 2. The molecule has 2 N–H and O–H groups in total. The van der Waals surface area contributed by atoms with E-state index in [-0.39, 0.29) is 17.0 Å². The number of hydrogen-bond donors (Lipinski definition) is 2. The molecule has 7 nitrogen and oxygen atoms in total. The molecule has 2 heterocycles. The fourth-order valence-electron chi connectivity index (χ4n) is 3.51. The SMILES string of the molecule is C[NH+]1CC[NH+](CCCN2C(=O)CS[C@H]2c2ccc([N+](=O)[O-])cc2)CC1. The number of carbonyl (C=O) groups is 1. The lowest BCUT2D eigenvalue weighted by Gasteiger charge is -2.29. The predicted octanol–water partition coefficient (Wildman–Crippen LogP) is -1.03. The molecular formula is C17H26N4O3S+2. The molecule has 0 aliphatic carbocycles. The average molecular weight is 366 g/mol. The van der Waals surface area contributed by atoms with Gasteiger partial charge in [-0.3, -0.25) is 14.9 Å². The summed E-state index contributed by atoms with van der Waals surface area (Å²) in [6, 6.07) is 6.59. The fraction of sp³-hybridized carbons (Fsp3) is 0.588. The Bertz CT molecular complexity index is 617. The van der Waals surface area contributed by atoms with Gasteiger partial charge in [-0.1, -0.05) is 0 Å². The second kappa shape index (κ2) is 8.16. The van der Waals surface area contributed by atoms with Crippen LogP contribution in [0.2, 0.25) is 0 Å². The van der Waals surface area contributed by atoms with Crippen LogP contribution in [0, 0.1) is 10.1 Å². The summed E-state index contributed by atoms with van der Waals surface area (Å²) < 4.78 is 0. The Hall–Kier alpha value is -1.64. The molecule has 3 rings (SSSR count). The van der Waals surface area contributed by atoms with Gasteiger partial charge in [-0.25, -0.2) is 0 Å². The van der Waals surface area contributed by atoms with Crippen LogP contribution in [0.25, 0.3) is 0 Å². The molecule has 1 aromatic carbocycles. The molecule has 2 saturated heterocycles. The summed E-state index contributed by atoms with van der Waals surface area (Å²) >= 11 is 1.61. The monoisotopic (exact) mass is 366 g/mol. The first kappa shape index (κ1) is 18.2. The topological polar surface area (TPSA) is 72.3 Å². The third-order valence-corrected chi connectivity index (χ3v) is 6.35. The van der Waals surface area contributed by atoms with E-state index in [2.05, 4.69) is 7.05 Å². The third kappa shape index (κ3) is 4.50. The van der Waals surface area contributed by atoms with Crippen LogP contribution in [0.5, 0.6) is 0 Å². The van der Waals surface area contributed by atoms with Crippen molar-refractivity contribution < 1.29 is 19.5 Å². The summed E-state index contributed by atoms with van der Waals surface area (Å²) in [6.07, 6.45) is 1.00. The number of thioether (sulfide) groups is 1. The third-order valence-electron chi connectivity index (χ3n) is 5.10. The zero-order valence-electron chi connectivity index (χ0n) is 14.6. The number of amides is 1. The maximum Gasteiger partial charge on any atom is 0.269 e. The number of likely N-dealkylation sites (N-methyl/N-ethyl adjacent to an activating group) is 1. The molecule has 0 radical (unpaired) electrons. The summed E-state index contributed by atoms with van der Waals surface area (Å²) in [6.45, 7) is 6.73. The number of rotatable bonds is 6. The van der Waals surface area contributed by atoms with Crippen molar-refractivity contribution >= 4 is 23.4 Å². The maximum atomic E-state index is 12.2. The van der Waals surface area contributed by atoms with Crippen LogP contribution in [0.3, 0.4) is 0 Å². The first-order chi connectivity index (χ1) is 12.0. The van der Waals surface area contributed by atoms with E-state index in [1.807, 2.05) is 4.90 Å². The molecule has 0 aromatic heterocycles. The molecule has 2 aliphatic heterocycles. The minimum atomic E-state index is -0.394. The molecule has 1 amide bonds. The van der Waals surface area contributed by atoms with Gasteiger partial charge in [0.2, 0.25) is 5.91 Å². The largest absolute Gasteiger partial charge is 0.328 e. The second-order valence-electron chi connectivity index (χ2n) is 6.91. The average Bonchev–Trinajstić information content (AvgIpc) is 2.98. The molecular weight excluding hydrogens is 340 g/mol. The van der Waals surface area contributed by atoms with Crippen molar-refractivity contribution in [3.63, 3.8) is 0 Å². The Kier molecular flexibility index (Phi) is 5.93. The highest BCUT2D eigenvalue weighted by atomic mass is 32.2. The molecule has 2 aliphatic rings. The van der Waals surface area contributed by atoms with Crippen molar-refractivity contribution in [2.45, 2.75) is 11.8 Å². The maximum absolute atomic E-state index is 12.2. The molecule has 136 valence electrons. The highest BCUT2D eigenvalue weighted by molar-refractivity contribution is 8.00. The van der Waals surface area contributed by atoms with E-state index in [0.29, 0.717) is 5.75 Å². The standard InChI is InChI=1S/C17H24N4O3S/c1-18-9-11-19(12-10-18)7-2-8-20-16(22)13-25-17(20)14-3-5-15(6-4-14)21(23)24/h3-6,17H,2,7-13H2,1H3/p+2/t17-/m0/s1. The van der Waals surface area contributed by atoms with E-state index in [4.69, 9.17) is 0 Å². The van der Waals surface area contributed by atoms with Crippen LogP contribution < -0.4 is 9.80 Å². The van der Waals surface area contributed by atoms with Gasteiger partial charge in [0.05, 0.1) is 24.3 Å². The van der Waals surface area contributed by atoms with Gasteiger partial charge in [0.15, 0.2) is 0 Å². The predicted molar refractivity (Wildman–Crippen MR) is 96.8 cm³/mol. The molecule has 1 aromatic rings. The van der Waals surface area contributed by atoms with Crippen LogP contribution in [0.1, 0.15) is 17.4 Å². The van der Waals surface area contributed by atoms with Crippen LogP contribution in [-0.4, -0.2) is 67.8 Å². The number of nitro groups is 1. The van der Waals surface area contributed by atoms with Gasteiger partial charge in [-0.15, -0.1) is 11.8 Å². The summed E-state index contributed by atoms with van der Waals surface area (Å²) in [5.74, 6) is 0.665. The molecule has 2 fully saturated rings. The number of nitro benzene ring substituents is 1. The molecule has 0 saturated carbocycles. The minimum absolute atomic E-state index is 0.0137. The molecule has 0 unspecified atom stereocenters. The Labute approximate surface area is 152 Å². The lowest BCUT2D eigenvalue weighted by Crippen LogP contribution is -3.27. The first-order valence-electron chi connectivity index (χ1n) is 8.85. The van der Waals surface area contributed by atoms with Gasteiger partial charge in [0.1, 0.15) is 31.6 Å². The van der Waals surface area contributed by atoms with Crippen molar-refractivity contribution in [2.75, 3.05) is 52.1 Å². The summed E-state index contributed by atoms with van der Waals surface area (Å²) in [5.41, 5.74) is 1.06. The molecule has 8 heteroatoms. The van der Waals surface area contributed by atoms with E-state index in [9.17, 15) is 14.9 Å². The van der Waals surface area contributed by atoms with E-state index in [1.165, 1.54) is 38.3 Å². The van der Waals surface area contributed by atoms with E-state index < -0.39 is 4.92 Å². The highest BCUT2D eigenvalue weighted by Gasteiger charge is 2.33. The number of nitrogens with zero attached hydrogens (tertiary/aromatic N) is 2. The quantitative estimate of drug-likeness (QED) is 0.499. The molecule has 25 heavy (non-hydrogen) atoms. The lowest BCUT2D eigenvalue weighted by molar-refractivity contribution is -1.00. The zero-order chi connectivity index (χ0) is 17.8. The van der Waals surface area contributed by atoms with Gasteiger partial charge < -0.3 is 14.7 Å². The van der Waals surface area contributed by atoms with Crippen molar-refractivity contribution in [1.29, 1.82) is 0 Å². The first-order valence-corrected chi connectivity index (χ1v) is 9.90. The normalized spacial score (nSPS) is 26.8. The van der Waals surface area contributed by atoms with Crippen LogP contribution in [-0.2, 0) is 4.79 Å². The Morgan fingerprint density at radius 3 is 2.56 bits per heavy atom. The lowest BCUT2D eigenvalue weighted by atomic mass is 10.2. The molecule has 1 atom stereocenters. The van der Waals surface area contributed by atoms with E-state index in [1.54, 1.807) is 33.7 Å². The smallest absolute Gasteiger partial charge is 0.269 e. The van der Waals surface area contributed by atoms with Crippen LogP contribution in [0.4, 0.5) is 5.69 Å². The van der Waals surface area contributed by atoms with Crippen LogP contribution >= 0.6 is 11.8 Å². The van der Waals surface area contributed by atoms with Crippen molar-refractivity contribution in [3.05, 3.63) is 39.9 Å². The summed E-state index contributed by atoms with van der Waals surface area (Å²) in [5, 5.41) is 10.8. The Balaban J connectivity index is 1.55. The second-order valence-corrected chi connectivity index (χ2v) is 7.98. The van der Waals surface area contributed by atoms with Crippen molar-refractivity contribution in [3.8, 4) is 0 Å². The number of non-ortho nitro benzene ring substituents is 1. The molecule has 0 bridgehead atoms. The number of hydrogen-bond acceptors (Lipinski definition) is 4. The van der Waals surface area contributed by atoms with Crippen LogP contribution in [0.15, 0.2) is 24.3 Å². The summed E-state index contributed by atoms with van der Waals surface area (Å²) in [4.78, 5) is 27.8. The number of benzene rings is 1. The number of carbonyl (C=O) groups excluding carboxylic acids is 1. The highest BCUT2D eigenvalue weighted by Crippen LogP contribution is 2.38. The zero-order valence-corrected chi connectivity index (χ0v) is 15.4. The summed E-state index contributed by atoms with van der Waals surface area (Å²) in [7, 11) is 2.24. The van der Waals surface area contributed by atoms with Gasteiger partial charge >= 0.3 is 0 Å². The molecule has 0 spiro atoms. The van der Waals surface area contributed by atoms with Gasteiger partial charge in [0, 0.05) is 25.1 Å². The van der Waals surface area contributed by atoms with Crippen molar-refractivity contribution in [1.82, 2.24) is 4.90 Å². The van der Waals surface area contributed by atoms with E-state index >= 15 is 0 Å². The van der Waals surface area contributed by atoms with Gasteiger partial charge in [0.25, 0.3) is 5.69 Å². The van der Waals surface area contributed by atoms with Gasteiger partial charge in [-0.2, -0.15) is 0 Å². The minimum Gasteiger partial charge on any atom is -0.328 e. The van der Waals surface area contributed by atoms with Gasteiger partial charge in [-0.05, 0) is 17.7 Å². The van der Waals surface area contributed by atoms with E-state index in [0.717, 1.165) is 25.1 Å². The number of quaternary nitrogens is 2. The number of piperazine rings is 1. The van der Waals surface area contributed by atoms with Crippen molar-refractivity contribution in [2.24, 2.45) is 0 Å². The Morgan fingerprint density at radius 1 is 1.24 bits per heavy atom.